The number of nitrogens with one attached hydrogen (secondary N) is 1. The summed E-state index contributed by atoms with van der Waals surface area (Å²) in [6.07, 6.45) is 0.970. The molecule has 1 unspecified atom stereocenters. The van der Waals surface area contributed by atoms with Crippen LogP contribution < -0.4 is 4.72 Å². The molecule has 0 aliphatic rings. The molecule has 1 aromatic rings. The third kappa shape index (κ3) is 4.76. The second-order valence-corrected chi connectivity index (χ2v) is 6.65. The zero-order valence-electron chi connectivity index (χ0n) is 11.1. The van der Waals surface area contributed by atoms with Crippen LogP contribution in [-0.4, -0.2) is 26.2 Å². The zero-order valence-corrected chi connectivity index (χ0v) is 12.7. The summed E-state index contributed by atoms with van der Waals surface area (Å²) >= 11 is 5.71. The van der Waals surface area contributed by atoms with Crippen LogP contribution in [0.4, 0.5) is 0 Å². The van der Waals surface area contributed by atoms with Gasteiger partial charge in [-0.15, -0.1) is 0 Å². The van der Waals surface area contributed by atoms with Crippen molar-refractivity contribution in [2.45, 2.75) is 37.7 Å². The Hall–Kier alpha value is -0.620. The predicted octanol–water partition coefficient (Wildman–Crippen LogP) is 2.42. The number of benzene rings is 1. The SMILES string of the molecule is CCC(CC)C(O)CNS(=O)(=O)c1ccc(Cl)cc1. The van der Waals surface area contributed by atoms with E-state index in [4.69, 9.17) is 11.6 Å². The molecule has 6 heteroatoms. The van der Waals surface area contributed by atoms with Gasteiger partial charge in [-0.25, -0.2) is 13.1 Å². The summed E-state index contributed by atoms with van der Waals surface area (Å²) in [5.41, 5.74) is 0. The van der Waals surface area contributed by atoms with Crippen molar-refractivity contribution in [3.8, 4) is 0 Å². The van der Waals surface area contributed by atoms with Gasteiger partial charge in [-0.1, -0.05) is 38.3 Å². The fraction of sp³-hybridized carbons (Fsp3) is 0.538. The summed E-state index contributed by atoms with van der Waals surface area (Å²) in [4.78, 5) is 0.147. The van der Waals surface area contributed by atoms with Crippen molar-refractivity contribution in [1.29, 1.82) is 0 Å². The van der Waals surface area contributed by atoms with Crippen LogP contribution in [0, 0.1) is 5.92 Å². The molecule has 1 aromatic carbocycles. The van der Waals surface area contributed by atoms with Crippen molar-refractivity contribution in [2.24, 2.45) is 5.92 Å². The summed E-state index contributed by atoms with van der Waals surface area (Å²) in [6.45, 7) is 3.98. The minimum Gasteiger partial charge on any atom is -0.391 e. The van der Waals surface area contributed by atoms with E-state index in [1.807, 2.05) is 13.8 Å². The lowest BCUT2D eigenvalue weighted by atomic mass is 9.97. The quantitative estimate of drug-likeness (QED) is 0.813. The van der Waals surface area contributed by atoms with E-state index in [0.29, 0.717) is 5.02 Å². The number of hydrogen-bond acceptors (Lipinski definition) is 3. The molecular weight excluding hydrogens is 286 g/mol. The molecule has 1 atom stereocenters. The summed E-state index contributed by atoms with van der Waals surface area (Å²) in [6, 6.07) is 5.92. The van der Waals surface area contributed by atoms with Gasteiger partial charge >= 0.3 is 0 Å². The van der Waals surface area contributed by atoms with E-state index in [1.165, 1.54) is 24.3 Å². The Morgan fingerprint density at radius 1 is 1.21 bits per heavy atom. The Labute approximate surface area is 119 Å². The molecule has 0 spiro atoms. The molecule has 0 aromatic heterocycles. The largest absolute Gasteiger partial charge is 0.391 e. The van der Waals surface area contributed by atoms with Gasteiger partial charge in [-0.3, -0.25) is 0 Å². The molecule has 0 saturated heterocycles. The van der Waals surface area contributed by atoms with E-state index < -0.39 is 16.1 Å². The van der Waals surface area contributed by atoms with Gasteiger partial charge in [0.05, 0.1) is 11.0 Å². The van der Waals surface area contributed by atoms with Crippen LogP contribution in [0.1, 0.15) is 26.7 Å². The van der Waals surface area contributed by atoms with Gasteiger partial charge in [0.1, 0.15) is 0 Å². The van der Waals surface area contributed by atoms with E-state index in [2.05, 4.69) is 4.72 Å². The maximum Gasteiger partial charge on any atom is 0.240 e. The molecule has 0 bridgehead atoms. The summed E-state index contributed by atoms with van der Waals surface area (Å²) < 4.78 is 26.4. The van der Waals surface area contributed by atoms with Crippen LogP contribution in [-0.2, 0) is 10.0 Å². The van der Waals surface area contributed by atoms with Crippen molar-refractivity contribution in [3.05, 3.63) is 29.3 Å². The average molecular weight is 306 g/mol. The number of aliphatic hydroxyl groups is 1. The molecule has 2 N–H and O–H groups in total. The molecule has 1 rings (SSSR count). The third-order valence-electron chi connectivity index (χ3n) is 3.20. The van der Waals surface area contributed by atoms with Gasteiger partial charge in [0, 0.05) is 11.6 Å². The lowest BCUT2D eigenvalue weighted by Gasteiger charge is -2.20. The molecule has 0 amide bonds. The lowest BCUT2D eigenvalue weighted by molar-refractivity contribution is 0.107. The summed E-state index contributed by atoms with van der Waals surface area (Å²) in [5.74, 6) is 0.105. The van der Waals surface area contributed by atoms with Crippen LogP contribution in [0.2, 0.25) is 5.02 Å². The number of hydrogen-bond donors (Lipinski definition) is 2. The number of halogens is 1. The Balaban J connectivity index is 2.68. The average Bonchev–Trinajstić information content (AvgIpc) is 2.38. The Morgan fingerprint density at radius 3 is 2.21 bits per heavy atom. The topological polar surface area (TPSA) is 66.4 Å². The van der Waals surface area contributed by atoms with Crippen molar-refractivity contribution >= 4 is 21.6 Å². The summed E-state index contributed by atoms with van der Waals surface area (Å²) in [7, 11) is -3.59. The fourth-order valence-electron chi connectivity index (χ4n) is 1.89. The van der Waals surface area contributed by atoms with Gasteiger partial charge in [0.25, 0.3) is 0 Å². The Kier molecular flexibility index (Phi) is 6.26. The van der Waals surface area contributed by atoms with E-state index >= 15 is 0 Å². The molecule has 4 nitrogen and oxygen atoms in total. The number of rotatable bonds is 7. The molecule has 0 heterocycles. The van der Waals surface area contributed by atoms with E-state index in [1.54, 1.807) is 0 Å². The van der Waals surface area contributed by atoms with Gasteiger partial charge in [0.2, 0.25) is 10.0 Å². The maximum absolute atomic E-state index is 12.0. The normalized spacial score (nSPS) is 13.7. The van der Waals surface area contributed by atoms with Crippen LogP contribution in [0.15, 0.2) is 29.2 Å². The highest BCUT2D eigenvalue weighted by molar-refractivity contribution is 7.89. The molecule has 108 valence electrons. The summed E-state index contributed by atoms with van der Waals surface area (Å²) in [5, 5.41) is 10.4. The molecule has 0 saturated carbocycles. The van der Waals surface area contributed by atoms with Gasteiger partial charge < -0.3 is 5.11 Å². The van der Waals surface area contributed by atoms with Gasteiger partial charge in [-0.05, 0) is 30.2 Å². The van der Waals surface area contributed by atoms with E-state index in [9.17, 15) is 13.5 Å². The van der Waals surface area contributed by atoms with E-state index in [-0.39, 0.29) is 17.4 Å². The third-order valence-corrected chi connectivity index (χ3v) is 4.89. The predicted molar refractivity (Wildman–Crippen MR) is 76.7 cm³/mol. The number of aliphatic hydroxyl groups excluding tert-OH is 1. The molecule has 19 heavy (non-hydrogen) atoms. The second-order valence-electron chi connectivity index (χ2n) is 4.45. The van der Waals surface area contributed by atoms with Crippen LogP contribution >= 0.6 is 11.6 Å². The minimum atomic E-state index is -3.59. The fourth-order valence-corrected chi connectivity index (χ4v) is 3.07. The standard InChI is InChI=1S/C13H20ClNO3S/c1-3-10(4-2)13(16)9-15-19(17,18)12-7-5-11(14)6-8-12/h5-8,10,13,15-16H,3-4,9H2,1-2H3. The van der Waals surface area contributed by atoms with Crippen molar-refractivity contribution in [3.63, 3.8) is 0 Å². The molecule has 0 aliphatic heterocycles. The van der Waals surface area contributed by atoms with Crippen LogP contribution in [0.25, 0.3) is 0 Å². The Bertz CT molecular complexity index is 483. The number of sulfonamides is 1. The van der Waals surface area contributed by atoms with Crippen LogP contribution in [0.5, 0.6) is 0 Å². The Morgan fingerprint density at radius 2 is 1.74 bits per heavy atom. The van der Waals surface area contributed by atoms with Gasteiger partial charge in [-0.2, -0.15) is 0 Å². The lowest BCUT2D eigenvalue weighted by Crippen LogP contribution is -2.36. The van der Waals surface area contributed by atoms with Crippen molar-refractivity contribution in [2.75, 3.05) is 6.54 Å². The molecule has 0 aliphatic carbocycles. The first-order valence-corrected chi connectivity index (χ1v) is 8.20. The highest BCUT2D eigenvalue weighted by Crippen LogP contribution is 2.15. The molecule has 0 radical (unpaired) electrons. The zero-order chi connectivity index (χ0) is 14.5. The smallest absolute Gasteiger partial charge is 0.240 e. The van der Waals surface area contributed by atoms with Crippen molar-refractivity contribution in [1.82, 2.24) is 4.72 Å². The first-order chi connectivity index (χ1) is 8.90. The highest BCUT2D eigenvalue weighted by atomic mass is 35.5. The molecule has 0 fully saturated rings. The van der Waals surface area contributed by atoms with Crippen LogP contribution in [0.3, 0.4) is 0 Å². The van der Waals surface area contributed by atoms with E-state index in [0.717, 1.165) is 12.8 Å². The highest BCUT2D eigenvalue weighted by Gasteiger charge is 2.19. The minimum absolute atomic E-state index is 0.0251. The first-order valence-electron chi connectivity index (χ1n) is 6.34. The first kappa shape index (κ1) is 16.4. The van der Waals surface area contributed by atoms with Crippen molar-refractivity contribution < 1.29 is 13.5 Å². The molecular formula is C13H20ClNO3S. The second kappa shape index (κ2) is 7.24. The monoisotopic (exact) mass is 305 g/mol. The van der Waals surface area contributed by atoms with Gasteiger partial charge in [0.15, 0.2) is 0 Å². The maximum atomic E-state index is 12.0.